The highest BCUT2D eigenvalue weighted by atomic mass is 16.5. The number of para-hydroxylation sites is 1. The normalized spacial score (nSPS) is 13.3. The SMILES string of the molecule is COc1ccccc1CC(=O)NCC(C)(O)CC(=O)O. The monoisotopic (exact) mass is 281 g/mol. The summed E-state index contributed by atoms with van der Waals surface area (Å²) in [5.74, 6) is -0.811. The van der Waals surface area contributed by atoms with Crippen LogP contribution in [-0.2, 0) is 16.0 Å². The van der Waals surface area contributed by atoms with Crippen molar-refractivity contribution in [2.75, 3.05) is 13.7 Å². The molecule has 0 saturated heterocycles. The highest BCUT2D eigenvalue weighted by Crippen LogP contribution is 2.17. The first kappa shape index (κ1) is 16.0. The van der Waals surface area contributed by atoms with E-state index in [0.29, 0.717) is 5.75 Å². The zero-order chi connectivity index (χ0) is 15.2. The van der Waals surface area contributed by atoms with Crippen LogP contribution in [0.1, 0.15) is 18.9 Å². The van der Waals surface area contributed by atoms with Gasteiger partial charge in [0.1, 0.15) is 5.75 Å². The third-order valence-electron chi connectivity index (χ3n) is 2.74. The van der Waals surface area contributed by atoms with Gasteiger partial charge in [-0.25, -0.2) is 0 Å². The maximum Gasteiger partial charge on any atom is 0.306 e. The van der Waals surface area contributed by atoms with Crippen LogP contribution in [0.15, 0.2) is 24.3 Å². The molecule has 0 aliphatic rings. The minimum atomic E-state index is -1.47. The van der Waals surface area contributed by atoms with Crippen LogP contribution in [0.5, 0.6) is 5.75 Å². The minimum absolute atomic E-state index is 0.104. The number of amides is 1. The average Bonchev–Trinajstić information content (AvgIpc) is 2.36. The standard InChI is InChI=1S/C14H19NO5/c1-14(19,8-13(17)18)9-15-12(16)7-10-5-3-4-6-11(10)20-2/h3-6,19H,7-9H2,1-2H3,(H,15,16)(H,17,18). The van der Waals surface area contributed by atoms with Crippen LogP contribution in [0, 0.1) is 0 Å². The lowest BCUT2D eigenvalue weighted by molar-refractivity contribution is -0.142. The topological polar surface area (TPSA) is 95.9 Å². The fraction of sp³-hybridized carbons (Fsp3) is 0.429. The predicted molar refractivity (Wildman–Crippen MR) is 72.6 cm³/mol. The predicted octanol–water partition coefficient (Wildman–Crippen LogP) is 0.580. The van der Waals surface area contributed by atoms with Crippen molar-refractivity contribution >= 4 is 11.9 Å². The Bertz CT molecular complexity index is 484. The molecule has 1 rings (SSSR count). The number of carboxylic acid groups (broad SMARTS) is 1. The first-order valence-electron chi connectivity index (χ1n) is 6.17. The van der Waals surface area contributed by atoms with Crippen molar-refractivity contribution in [1.29, 1.82) is 0 Å². The number of hydrogen-bond donors (Lipinski definition) is 3. The van der Waals surface area contributed by atoms with Crippen molar-refractivity contribution in [1.82, 2.24) is 5.32 Å². The smallest absolute Gasteiger partial charge is 0.306 e. The van der Waals surface area contributed by atoms with E-state index in [4.69, 9.17) is 9.84 Å². The van der Waals surface area contributed by atoms with Crippen molar-refractivity contribution in [3.63, 3.8) is 0 Å². The van der Waals surface area contributed by atoms with E-state index in [1.165, 1.54) is 14.0 Å². The molecule has 110 valence electrons. The van der Waals surface area contributed by atoms with Crippen LogP contribution in [0.3, 0.4) is 0 Å². The summed E-state index contributed by atoms with van der Waals surface area (Å²) in [7, 11) is 1.52. The number of aliphatic hydroxyl groups is 1. The molecule has 0 aromatic heterocycles. The summed E-state index contributed by atoms with van der Waals surface area (Å²) in [5, 5.41) is 20.9. The Morgan fingerprint density at radius 3 is 2.60 bits per heavy atom. The second-order valence-electron chi connectivity index (χ2n) is 4.83. The number of nitrogens with one attached hydrogen (secondary N) is 1. The van der Waals surface area contributed by atoms with Gasteiger partial charge in [-0.15, -0.1) is 0 Å². The van der Waals surface area contributed by atoms with Gasteiger partial charge >= 0.3 is 5.97 Å². The molecule has 0 heterocycles. The van der Waals surface area contributed by atoms with Crippen LogP contribution in [0.2, 0.25) is 0 Å². The number of ether oxygens (including phenoxy) is 1. The number of hydrogen-bond acceptors (Lipinski definition) is 4. The Balaban J connectivity index is 2.54. The number of carboxylic acids is 1. The van der Waals surface area contributed by atoms with E-state index in [1.807, 2.05) is 0 Å². The molecule has 0 spiro atoms. The van der Waals surface area contributed by atoms with Crippen LogP contribution < -0.4 is 10.1 Å². The van der Waals surface area contributed by atoms with Gasteiger partial charge in [0.05, 0.1) is 25.6 Å². The Morgan fingerprint density at radius 1 is 1.35 bits per heavy atom. The molecule has 1 amide bonds. The molecule has 20 heavy (non-hydrogen) atoms. The number of methoxy groups -OCH3 is 1. The Morgan fingerprint density at radius 2 is 2.00 bits per heavy atom. The van der Waals surface area contributed by atoms with Crippen LogP contribution in [-0.4, -0.2) is 41.3 Å². The molecule has 0 aliphatic carbocycles. The second-order valence-corrected chi connectivity index (χ2v) is 4.83. The van der Waals surface area contributed by atoms with Gasteiger partial charge in [-0.2, -0.15) is 0 Å². The minimum Gasteiger partial charge on any atom is -0.496 e. The van der Waals surface area contributed by atoms with Gasteiger partial charge in [-0.1, -0.05) is 18.2 Å². The van der Waals surface area contributed by atoms with Gasteiger partial charge in [-0.05, 0) is 13.0 Å². The first-order chi connectivity index (χ1) is 9.34. The summed E-state index contributed by atoms with van der Waals surface area (Å²) >= 11 is 0. The van der Waals surface area contributed by atoms with E-state index in [1.54, 1.807) is 24.3 Å². The number of carbonyl (C=O) groups is 2. The first-order valence-corrected chi connectivity index (χ1v) is 6.17. The van der Waals surface area contributed by atoms with E-state index < -0.39 is 18.0 Å². The molecule has 3 N–H and O–H groups in total. The summed E-state index contributed by atoms with van der Waals surface area (Å²) in [4.78, 5) is 22.3. The van der Waals surface area contributed by atoms with E-state index >= 15 is 0 Å². The van der Waals surface area contributed by atoms with E-state index in [2.05, 4.69) is 5.32 Å². The number of aliphatic carboxylic acids is 1. The van der Waals surface area contributed by atoms with Gasteiger partial charge in [0.2, 0.25) is 5.91 Å². The maximum atomic E-state index is 11.8. The summed E-state index contributed by atoms with van der Waals surface area (Å²) in [6, 6.07) is 7.13. The molecule has 6 nitrogen and oxygen atoms in total. The van der Waals surface area contributed by atoms with Crippen LogP contribution >= 0.6 is 0 Å². The van der Waals surface area contributed by atoms with Crippen LogP contribution in [0.25, 0.3) is 0 Å². The van der Waals surface area contributed by atoms with Gasteiger partial charge in [0.25, 0.3) is 0 Å². The molecule has 1 atom stereocenters. The van der Waals surface area contributed by atoms with Gasteiger partial charge < -0.3 is 20.3 Å². The summed E-state index contributed by atoms with van der Waals surface area (Å²) in [6.07, 6.45) is -0.324. The summed E-state index contributed by atoms with van der Waals surface area (Å²) in [6.45, 7) is 1.25. The van der Waals surface area contributed by atoms with Crippen molar-refractivity contribution in [2.45, 2.75) is 25.4 Å². The zero-order valence-electron chi connectivity index (χ0n) is 11.5. The quantitative estimate of drug-likeness (QED) is 0.679. The molecular weight excluding hydrogens is 262 g/mol. The summed E-state index contributed by atoms with van der Waals surface area (Å²) in [5.41, 5.74) is -0.743. The lowest BCUT2D eigenvalue weighted by Gasteiger charge is -2.21. The van der Waals surface area contributed by atoms with Crippen molar-refractivity contribution in [3.8, 4) is 5.75 Å². The number of benzene rings is 1. The Labute approximate surface area is 117 Å². The highest BCUT2D eigenvalue weighted by molar-refractivity contribution is 5.79. The highest BCUT2D eigenvalue weighted by Gasteiger charge is 2.24. The Kier molecular flexibility index (Phi) is 5.52. The number of carbonyl (C=O) groups excluding carboxylic acids is 1. The van der Waals surface area contributed by atoms with Crippen molar-refractivity contribution < 1.29 is 24.5 Å². The molecule has 0 radical (unpaired) electrons. The van der Waals surface area contributed by atoms with Crippen molar-refractivity contribution in [3.05, 3.63) is 29.8 Å². The van der Waals surface area contributed by atoms with Gasteiger partial charge in [0, 0.05) is 12.1 Å². The molecule has 0 bridgehead atoms. The molecule has 1 aromatic carbocycles. The third kappa shape index (κ3) is 5.27. The average molecular weight is 281 g/mol. The fourth-order valence-electron chi connectivity index (χ4n) is 1.76. The molecule has 0 aliphatic heterocycles. The molecule has 0 saturated carbocycles. The van der Waals surface area contributed by atoms with Gasteiger partial charge in [-0.3, -0.25) is 9.59 Å². The Hall–Kier alpha value is -2.08. The molecule has 1 aromatic rings. The van der Waals surface area contributed by atoms with E-state index in [-0.39, 0.29) is 18.9 Å². The molecule has 0 fully saturated rings. The van der Waals surface area contributed by atoms with E-state index in [0.717, 1.165) is 5.56 Å². The van der Waals surface area contributed by atoms with E-state index in [9.17, 15) is 14.7 Å². The van der Waals surface area contributed by atoms with Gasteiger partial charge in [0.15, 0.2) is 0 Å². The van der Waals surface area contributed by atoms with Crippen molar-refractivity contribution in [2.24, 2.45) is 0 Å². The van der Waals surface area contributed by atoms with Crippen LogP contribution in [0.4, 0.5) is 0 Å². The molecular formula is C14H19NO5. The summed E-state index contributed by atoms with van der Waals surface area (Å²) < 4.78 is 5.14. The molecule has 1 unspecified atom stereocenters. The molecule has 6 heteroatoms. The largest absolute Gasteiger partial charge is 0.496 e. The lowest BCUT2D eigenvalue weighted by Crippen LogP contribution is -2.42. The second kappa shape index (κ2) is 6.91. The maximum absolute atomic E-state index is 11.8. The lowest BCUT2D eigenvalue weighted by atomic mass is 10.0. The third-order valence-corrected chi connectivity index (χ3v) is 2.74. The number of rotatable bonds is 7. The fourth-order valence-corrected chi connectivity index (χ4v) is 1.76. The zero-order valence-corrected chi connectivity index (χ0v) is 11.5.